The highest BCUT2D eigenvalue weighted by atomic mass is 16.5. The third-order valence-electron chi connectivity index (χ3n) is 2.78. The van der Waals surface area contributed by atoms with Crippen LogP contribution in [-0.4, -0.2) is 23.6 Å². The van der Waals surface area contributed by atoms with Gasteiger partial charge >= 0.3 is 0 Å². The summed E-state index contributed by atoms with van der Waals surface area (Å²) in [5, 5.41) is 3.37. The van der Waals surface area contributed by atoms with Crippen molar-refractivity contribution in [3.8, 4) is 5.88 Å². The van der Waals surface area contributed by atoms with E-state index in [1.165, 1.54) is 0 Å². The molecule has 18 heavy (non-hydrogen) atoms. The van der Waals surface area contributed by atoms with E-state index in [2.05, 4.69) is 15.3 Å². The predicted molar refractivity (Wildman–Crippen MR) is 67.5 cm³/mol. The van der Waals surface area contributed by atoms with Crippen molar-refractivity contribution in [2.45, 2.75) is 19.9 Å². The summed E-state index contributed by atoms with van der Waals surface area (Å²) in [6, 6.07) is 1.87. The Bertz CT molecular complexity index is 510. The van der Waals surface area contributed by atoms with Gasteiger partial charge in [-0.1, -0.05) is 6.92 Å². The summed E-state index contributed by atoms with van der Waals surface area (Å²) in [6.07, 6.45) is 4.96. The number of methoxy groups -OCH3 is 1. The summed E-state index contributed by atoms with van der Waals surface area (Å²) in [6.45, 7) is 4.79. The first-order valence-electron chi connectivity index (χ1n) is 5.90. The van der Waals surface area contributed by atoms with Crippen LogP contribution in [-0.2, 0) is 0 Å². The SMILES string of the molecule is CCNC(c1ccoc1C)c1nccnc1OC. The molecule has 2 aromatic heterocycles. The molecule has 0 bridgehead atoms. The van der Waals surface area contributed by atoms with Crippen LogP contribution < -0.4 is 10.1 Å². The predicted octanol–water partition coefficient (Wildman–Crippen LogP) is 2.09. The molecule has 2 aromatic rings. The van der Waals surface area contributed by atoms with Crippen molar-refractivity contribution in [2.75, 3.05) is 13.7 Å². The van der Waals surface area contributed by atoms with Gasteiger partial charge in [0.05, 0.1) is 19.4 Å². The lowest BCUT2D eigenvalue weighted by Crippen LogP contribution is -2.24. The number of rotatable bonds is 5. The van der Waals surface area contributed by atoms with Crippen LogP contribution in [0.3, 0.4) is 0 Å². The lowest BCUT2D eigenvalue weighted by Gasteiger charge is -2.18. The first-order valence-corrected chi connectivity index (χ1v) is 5.90. The van der Waals surface area contributed by atoms with Gasteiger partial charge in [0, 0.05) is 18.0 Å². The Kier molecular flexibility index (Phi) is 3.94. The zero-order valence-electron chi connectivity index (χ0n) is 10.8. The van der Waals surface area contributed by atoms with E-state index in [1.54, 1.807) is 25.8 Å². The van der Waals surface area contributed by atoms with E-state index in [0.717, 1.165) is 23.6 Å². The minimum Gasteiger partial charge on any atom is -0.480 e. The van der Waals surface area contributed by atoms with E-state index in [-0.39, 0.29) is 6.04 Å². The summed E-state index contributed by atoms with van der Waals surface area (Å²) in [5.74, 6) is 1.40. The van der Waals surface area contributed by atoms with E-state index < -0.39 is 0 Å². The molecular weight excluding hydrogens is 230 g/mol. The number of hydrogen-bond donors (Lipinski definition) is 1. The molecule has 2 rings (SSSR count). The Morgan fingerprint density at radius 3 is 2.78 bits per heavy atom. The molecule has 0 aliphatic heterocycles. The minimum absolute atomic E-state index is 0.0719. The van der Waals surface area contributed by atoms with Crippen molar-refractivity contribution in [3.63, 3.8) is 0 Å². The van der Waals surface area contributed by atoms with Crippen molar-refractivity contribution in [2.24, 2.45) is 0 Å². The molecule has 96 valence electrons. The fourth-order valence-corrected chi connectivity index (χ4v) is 1.94. The number of hydrogen-bond acceptors (Lipinski definition) is 5. The highest BCUT2D eigenvalue weighted by Crippen LogP contribution is 2.28. The Balaban J connectivity index is 2.45. The molecule has 2 heterocycles. The largest absolute Gasteiger partial charge is 0.480 e. The Morgan fingerprint density at radius 1 is 1.39 bits per heavy atom. The molecule has 5 nitrogen and oxygen atoms in total. The second-order valence-corrected chi connectivity index (χ2v) is 3.87. The zero-order chi connectivity index (χ0) is 13.0. The molecule has 0 amide bonds. The molecule has 1 atom stereocenters. The van der Waals surface area contributed by atoms with Crippen LogP contribution in [0, 0.1) is 6.92 Å². The summed E-state index contributed by atoms with van der Waals surface area (Å²) >= 11 is 0. The number of furan rings is 1. The maximum atomic E-state index is 5.36. The maximum Gasteiger partial charge on any atom is 0.237 e. The van der Waals surface area contributed by atoms with Crippen molar-refractivity contribution in [1.82, 2.24) is 15.3 Å². The van der Waals surface area contributed by atoms with Gasteiger partial charge in [-0.25, -0.2) is 4.98 Å². The third-order valence-corrected chi connectivity index (χ3v) is 2.78. The highest BCUT2D eigenvalue weighted by Gasteiger charge is 2.22. The summed E-state index contributed by atoms with van der Waals surface area (Å²) in [7, 11) is 1.60. The van der Waals surface area contributed by atoms with Gasteiger partial charge in [-0.05, 0) is 19.5 Å². The van der Waals surface area contributed by atoms with Gasteiger partial charge in [-0.2, -0.15) is 0 Å². The molecule has 1 unspecified atom stereocenters. The van der Waals surface area contributed by atoms with Crippen molar-refractivity contribution in [1.29, 1.82) is 0 Å². The van der Waals surface area contributed by atoms with Gasteiger partial charge < -0.3 is 14.5 Å². The minimum atomic E-state index is -0.0719. The zero-order valence-corrected chi connectivity index (χ0v) is 10.8. The fraction of sp³-hybridized carbons (Fsp3) is 0.385. The number of nitrogens with zero attached hydrogens (tertiary/aromatic N) is 2. The number of ether oxygens (including phenoxy) is 1. The monoisotopic (exact) mass is 247 g/mol. The number of aryl methyl sites for hydroxylation is 1. The third kappa shape index (κ3) is 2.36. The average molecular weight is 247 g/mol. The molecular formula is C13H17N3O2. The van der Waals surface area contributed by atoms with E-state index in [1.807, 2.05) is 19.9 Å². The molecule has 1 N–H and O–H groups in total. The quantitative estimate of drug-likeness (QED) is 0.876. The molecule has 0 aromatic carbocycles. The smallest absolute Gasteiger partial charge is 0.237 e. The van der Waals surface area contributed by atoms with Gasteiger partial charge in [0.1, 0.15) is 11.5 Å². The molecule has 0 radical (unpaired) electrons. The standard InChI is InChI=1S/C13H17N3O2/c1-4-14-11(10-5-8-18-9(10)2)12-13(17-3)16-7-6-15-12/h5-8,11,14H,4H2,1-3H3. The lowest BCUT2D eigenvalue weighted by atomic mass is 10.0. The van der Waals surface area contributed by atoms with E-state index in [4.69, 9.17) is 9.15 Å². The molecule has 0 fully saturated rings. The topological polar surface area (TPSA) is 60.2 Å². The van der Waals surface area contributed by atoms with Crippen LogP contribution >= 0.6 is 0 Å². The van der Waals surface area contributed by atoms with Gasteiger partial charge in [0.25, 0.3) is 0 Å². The molecule has 0 aliphatic carbocycles. The molecule has 0 saturated carbocycles. The van der Waals surface area contributed by atoms with Crippen molar-refractivity contribution >= 4 is 0 Å². The molecule has 5 heteroatoms. The van der Waals surface area contributed by atoms with Gasteiger partial charge in [-0.15, -0.1) is 0 Å². The summed E-state index contributed by atoms with van der Waals surface area (Å²) < 4.78 is 10.6. The summed E-state index contributed by atoms with van der Waals surface area (Å²) in [4.78, 5) is 8.56. The number of nitrogens with one attached hydrogen (secondary N) is 1. The average Bonchev–Trinajstić information content (AvgIpc) is 2.82. The van der Waals surface area contributed by atoms with E-state index in [9.17, 15) is 0 Å². The molecule has 0 aliphatic rings. The summed E-state index contributed by atoms with van der Waals surface area (Å²) in [5.41, 5.74) is 1.82. The van der Waals surface area contributed by atoms with E-state index >= 15 is 0 Å². The Morgan fingerprint density at radius 2 is 2.17 bits per heavy atom. The molecule has 0 spiro atoms. The Hall–Kier alpha value is -1.88. The van der Waals surface area contributed by atoms with Crippen LogP contribution in [0.2, 0.25) is 0 Å². The maximum absolute atomic E-state index is 5.36. The Labute approximate surface area is 106 Å². The fourth-order valence-electron chi connectivity index (χ4n) is 1.94. The van der Waals surface area contributed by atoms with Crippen LogP contribution in [0.5, 0.6) is 5.88 Å². The van der Waals surface area contributed by atoms with Crippen molar-refractivity contribution < 1.29 is 9.15 Å². The van der Waals surface area contributed by atoms with Crippen LogP contribution in [0.15, 0.2) is 29.1 Å². The van der Waals surface area contributed by atoms with E-state index in [0.29, 0.717) is 5.88 Å². The van der Waals surface area contributed by atoms with Crippen molar-refractivity contribution in [3.05, 3.63) is 41.7 Å². The second-order valence-electron chi connectivity index (χ2n) is 3.87. The first-order chi connectivity index (χ1) is 8.77. The van der Waals surface area contributed by atoms with Crippen LogP contribution in [0.1, 0.15) is 30.0 Å². The molecule has 0 saturated heterocycles. The van der Waals surface area contributed by atoms with Gasteiger partial charge in [0.2, 0.25) is 5.88 Å². The lowest BCUT2D eigenvalue weighted by molar-refractivity contribution is 0.382. The highest BCUT2D eigenvalue weighted by molar-refractivity contribution is 5.33. The first kappa shape index (κ1) is 12.6. The van der Waals surface area contributed by atoms with Crippen LogP contribution in [0.4, 0.5) is 0 Å². The van der Waals surface area contributed by atoms with Gasteiger partial charge in [0.15, 0.2) is 0 Å². The van der Waals surface area contributed by atoms with Crippen LogP contribution in [0.25, 0.3) is 0 Å². The number of aromatic nitrogens is 2. The second kappa shape index (κ2) is 5.64. The normalized spacial score (nSPS) is 12.4. The van der Waals surface area contributed by atoms with Gasteiger partial charge in [-0.3, -0.25) is 4.98 Å².